The molecule has 1 aromatic carbocycles. The van der Waals surface area contributed by atoms with E-state index in [-0.39, 0.29) is 5.69 Å². The minimum absolute atomic E-state index is 0.0215. The number of nitro benzene ring substituents is 1. The monoisotopic (exact) mass is 399 g/mol. The summed E-state index contributed by atoms with van der Waals surface area (Å²) in [6, 6.07) is 8.03. The number of unbranched alkanes of at least 4 members (excludes halogenated alkanes) is 7. The number of fused-ring (bicyclic) bond motifs is 1. The second-order valence-corrected chi connectivity index (χ2v) is 7.79. The third-order valence-electron chi connectivity index (χ3n) is 5.65. The molecule has 156 valence electrons. The second kappa shape index (κ2) is 9.78. The molecule has 7 heteroatoms. The number of hydrogen-bond donors (Lipinski definition) is 1. The fraction of sp³-hybridized carbons (Fsp3) is 0.545. The van der Waals surface area contributed by atoms with E-state index in [0.717, 1.165) is 18.8 Å². The molecule has 0 fully saturated rings. The van der Waals surface area contributed by atoms with Crippen LogP contribution >= 0.6 is 0 Å². The number of aliphatic hydroxyl groups is 1. The molecular weight excluding hydrogens is 368 g/mol. The number of anilines is 1. The number of benzene rings is 1. The molecule has 0 bridgehead atoms. The van der Waals surface area contributed by atoms with Gasteiger partial charge in [-0.2, -0.15) is 0 Å². The SMILES string of the molecule is CCCCCCCCCCN1c2nccc[n+]2CC1(O)c1ccc([N+](=O)[O-])cc1. The topological polar surface area (TPSA) is 83.4 Å². The Morgan fingerprint density at radius 2 is 1.79 bits per heavy atom. The number of nitro groups is 1. The summed E-state index contributed by atoms with van der Waals surface area (Å²) >= 11 is 0. The zero-order valence-electron chi connectivity index (χ0n) is 17.2. The van der Waals surface area contributed by atoms with Crippen molar-refractivity contribution in [1.82, 2.24) is 4.98 Å². The maximum atomic E-state index is 11.6. The van der Waals surface area contributed by atoms with Crippen LogP contribution in [0.4, 0.5) is 11.6 Å². The largest absolute Gasteiger partial charge is 0.396 e. The van der Waals surface area contributed by atoms with E-state index in [9.17, 15) is 15.2 Å². The highest BCUT2D eigenvalue weighted by molar-refractivity contribution is 5.41. The van der Waals surface area contributed by atoms with Gasteiger partial charge in [0.15, 0.2) is 0 Å². The van der Waals surface area contributed by atoms with Gasteiger partial charge in [-0.1, -0.05) is 56.9 Å². The Balaban J connectivity index is 1.67. The summed E-state index contributed by atoms with van der Waals surface area (Å²) in [6.07, 6.45) is 13.4. The Morgan fingerprint density at radius 3 is 2.45 bits per heavy atom. The molecule has 2 aromatic rings. The molecule has 0 aliphatic carbocycles. The molecule has 0 spiro atoms. The first-order valence-electron chi connectivity index (χ1n) is 10.7. The van der Waals surface area contributed by atoms with E-state index in [1.54, 1.807) is 18.3 Å². The van der Waals surface area contributed by atoms with Crippen molar-refractivity contribution in [2.75, 3.05) is 11.4 Å². The van der Waals surface area contributed by atoms with Crippen molar-refractivity contribution in [3.63, 3.8) is 0 Å². The standard InChI is InChI=1S/C22H31N4O3/c1-2-3-4-5-6-7-8-9-17-25-21-23-15-10-16-24(21)18-22(25,27)19-11-13-20(14-12-19)26(28)29/h10-16,27H,2-9,17-18H2,1H3/q+1. The van der Waals surface area contributed by atoms with Crippen LogP contribution in [0, 0.1) is 10.1 Å². The summed E-state index contributed by atoms with van der Waals surface area (Å²) in [6.45, 7) is 3.27. The van der Waals surface area contributed by atoms with Gasteiger partial charge >= 0.3 is 5.95 Å². The van der Waals surface area contributed by atoms with E-state index in [1.807, 2.05) is 21.7 Å². The van der Waals surface area contributed by atoms with Crippen molar-refractivity contribution in [3.05, 3.63) is 58.4 Å². The highest BCUT2D eigenvalue weighted by Crippen LogP contribution is 2.34. The molecule has 3 rings (SSSR count). The summed E-state index contributed by atoms with van der Waals surface area (Å²) in [4.78, 5) is 16.9. The molecule has 1 atom stereocenters. The molecular formula is C22H31N4O3+. The van der Waals surface area contributed by atoms with Crippen molar-refractivity contribution in [2.45, 2.75) is 70.6 Å². The Labute approximate surface area is 172 Å². The normalized spacial score (nSPS) is 18.1. The molecule has 7 nitrogen and oxygen atoms in total. The van der Waals surface area contributed by atoms with Gasteiger partial charge in [0.05, 0.1) is 17.7 Å². The number of aromatic nitrogens is 2. The fourth-order valence-corrected chi connectivity index (χ4v) is 4.02. The third-order valence-corrected chi connectivity index (χ3v) is 5.65. The number of nitrogens with zero attached hydrogens (tertiary/aromatic N) is 4. The van der Waals surface area contributed by atoms with Crippen LogP contribution in [0.1, 0.15) is 63.9 Å². The van der Waals surface area contributed by atoms with Crippen LogP contribution in [0.2, 0.25) is 0 Å². The van der Waals surface area contributed by atoms with Crippen LogP contribution in [0.5, 0.6) is 0 Å². The minimum atomic E-state index is -1.25. The quantitative estimate of drug-likeness (QED) is 0.266. The summed E-state index contributed by atoms with van der Waals surface area (Å²) in [5.74, 6) is 0.733. The van der Waals surface area contributed by atoms with Crippen LogP contribution in [-0.4, -0.2) is 21.6 Å². The second-order valence-electron chi connectivity index (χ2n) is 7.79. The van der Waals surface area contributed by atoms with Gasteiger partial charge in [0.2, 0.25) is 5.72 Å². The Hall–Kier alpha value is -2.54. The van der Waals surface area contributed by atoms with Crippen molar-refractivity contribution >= 4 is 11.6 Å². The summed E-state index contributed by atoms with van der Waals surface area (Å²) in [7, 11) is 0. The van der Waals surface area contributed by atoms with E-state index in [4.69, 9.17) is 0 Å². The number of rotatable bonds is 11. The average Bonchev–Trinajstić information content (AvgIpc) is 3.02. The first-order chi connectivity index (χ1) is 14.1. The molecule has 1 unspecified atom stereocenters. The predicted octanol–water partition coefficient (Wildman–Crippen LogP) is 4.08. The molecule has 0 amide bonds. The van der Waals surface area contributed by atoms with E-state index in [0.29, 0.717) is 18.7 Å². The van der Waals surface area contributed by atoms with Crippen LogP contribution in [-0.2, 0) is 12.3 Å². The highest BCUT2D eigenvalue weighted by Gasteiger charge is 2.51. The van der Waals surface area contributed by atoms with Gasteiger partial charge in [-0.25, -0.2) is 9.47 Å². The average molecular weight is 400 g/mol. The van der Waals surface area contributed by atoms with Crippen molar-refractivity contribution in [1.29, 1.82) is 0 Å². The van der Waals surface area contributed by atoms with Crippen molar-refractivity contribution in [2.24, 2.45) is 0 Å². The number of non-ortho nitro benzene ring substituents is 1. The Kier molecular flexibility index (Phi) is 7.14. The zero-order valence-corrected chi connectivity index (χ0v) is 17.2. The van der Waals surface area contributed by atoms with E-state index < -0.39 is 10.6 Å². The van der Waals surface area contributed by atoms with Gasteiger partial charge < -0.3 is 5.11 Å². The molecule has 0 saturated carbocycles. The summed E-state index contributed by atoms with van der Waals surface area (Å²) < 4.78 is 1.94. The maximum absolute atomic E-state index is 11.6. The van der Waals surface area contributed by atoms with Crippen molar-refractivity contribution < 1.29 is 14.6 Å². The molecule has 0 radical (unpaired) electrons. The lowest BCUT2D eigenvalue weighted by molar-refractivity contribution is -0.685. The summed E-state index contributed by atoms with van der Waals surface area (Å²) in [5.41, 5.74) is -0.584. The lowest BCUT2D eigenvalue weighted by atomic mass is 10.0. The van der Waals surface area contributed by atoms with Gasteiger partial charge in [0.1, 0.15) is 12.7 Å². The zero-order chi connectivity index (χ0) is 20.7. The molecule has 1 N–H and O–H groups in total. The molecule has 0 saturated heterocycles. The maximum Gasteiger partial charge on any atom is 0.396 e. The van der Waals surface area contributed by atoms with Crippen LogP contribution in [0.3, 0.4) is 0 Å². The lowest BCUT2D eigenvalue weighted by Crippen LogP contribution is -2.46. The fourth-order valence-electron chi connectivity index (χ4n) is 4.02. The van der Waals surface area contributed by atoms with Gasteiger partial charge in [0, 0.05) is 23.8 Å². The number of hydrogen-bond acceptors (Lipinski definition) is 5. The molecule has 2 heterocycles. The van der Waals surface area contributed by atoms with E-state index in [1.165, 1.54) is 50.7 Å². The molecule has 1 aliphatic rings. The van der Waals surface area contributed by atoms with E-state index >= 15 is 0 Å². The van der Waals surface area contributed by atoms with Crippen molar-refractivity contribution in [3.8, 4) is 0 Å². The highest BCUT2D eigenvalue weighted by atomic mass is 16.6. The van der Waals surface area contributed by atoms with E-state index in [2.05, 4.69) is 11.9 Å². The van der Waals surface area contributed by atoms with Crippen LogP contribution in [0.25, 0.3) is 0 Å². The third kappa shape index (κ3) is 4.90. The lowest BCUT2D eigenvalue weighted by Gasteiger charge is -2.28. The Morgan fingerprint density at radius 1 is 1.14 bits per heavy atom. The van der Waals surface area contributed by atoms with Gasteiger partial charge in [0.25, 0.3) is 5.69 Å². The van der Waals surface area contributed by atoms with Gasteiger partial charge in [-0.3, -0.25) is 10.1 Å². The Bertz CT molecular complexity index is 812. The molecule has 1 aliphatic heterocycles. The van der Waals surface area contributed by atoms with Gasteiger partial charge in [-0.05, 0) is 18.6 Å². The summed E-state index contributed by atoms with van der Waals surface area (Å²) in [5, 5.41) is 22.5. The van der Waals surface area contributed by atoms with Gasteiger partial charge in [-0.15, -0.1) is 0 Å². The first kappa shape index (κ1) is 21.2. The predicted molar refractivity (Wildman–Crippen MR) is 111 cm³/mol. The first-order valence-corrected chi connectivity index (χ1v) is 10.7. The smallest absolute Gasteiger partial charge is 0.353 e. The molecule has 1 aromatic heterocycles. The van der Waals surface area contributed by atoms with Crippen LogP contribution in [0.15, 0.2) is 42.7 Å². The van der Waals surface area contributed by atoms with Crippen LogP contribution < -0.4 is 9.47 Å². The molecule has 29 heavy (non-hydrogen) atoms. The minimum Gasteiger partial charge on any atom is -0.353 e.